The molecule has 0 bridgehead atoms. The molecule has 3 aromatic heterocycles. The second-order valence-electron chi connectivity index (χ2n) is 6.60. The molecule has 0 amide bonds. The summed E-state index contributed by atoms with van der Waals surface area (Å²) in [5.41, 5.74) is 5.82. The average molecular weight is 342 g/mol. The molecule has 0 atom stereocenters. The van der Waals surface area contributed by atoms with Gasteiger partial charge in [-0.25, -0.2) is 4.98 Å². The number of benzene rings is 1. The largest absolute Gasteiger partial charge is 0.346 e. The van der Waals surface area contributed by atoms with Crippen molar-refractivity contribution >= 4 is 11.0 Å². The number of aromatic amines is 1. The van der Waals surface area contributed by atoms with Crippen LogP contribution in [0.15, 0.2) is 73.2 Å². The van der Waals surface area contributed by atoms with Gasteiger partial charge in [0.15, 0.2) is 0 Å². The van der Waals surface area contributed by atoms with E-state index in [0.29, 0.717) is 0 Å². The monoisotopic (exact) mass is 342 g/mol. The number of likely N-dealkylation sites (N-methyl/N-ethyl adjacent to an activating group) is 1. The summed E-state index contributed by atoms with van der Waals surface area (Å²) in [5.74, 6) is 0. The number of rotatable bonds is 6. The zero-order chi connectivity index (χ0) is 17.8. The van der Waals surface area contributed by atoms with Gasteiger partial charge in [-0.05, 0) is 48.0 Å². The first-order valence-electron chi connectivity index (χ1n) is 8.89. The van der Waals surface area contributed by atoms with E-state index in [9.17, 15) is 0 Å². The van der Waals surface area contributed by atoms with Crippen molar-refractivity contribution in [3.63, 3.8) is 0 Å². The summed E-state index contributed by atoms with van der Waals surface area (Å²) in [6.07, 6.45) is 6.62. The fourth-order valence-corrected chi connectivity index (χ4v) is 3.24. The van der Waals surface area contributed by atoms with Gasteiger partial charge in [0.05, 0.1) is 0 Å². The minimum absolute atomic E-state index is 0.931. The van der Waals surface area contributed by atoms with Gasteiger partial charge in [-0.3, -0.25) is 4.98 Å². The molecule has 1 N–H and O–H groups in total. The summed E-state index contributed by atoms with van der Waals surface area (Å²) in [7, 11) is 2.16. The molecule has 26 heavy (non-hydrogen) atoms. The molecule has 0 saturated carbocycles. The van der Waals surface area contributed by atoms with Crippen LogP contribution in [0.4, 0.5) is 0 Å². The van der Waals surface area contributed by atoms with Crippen LogP contribution in [0, 0.1) is 0 Å². The van der Waals surface area contributed by atoms with Crippen molar-refractivity contribution in [1.29, 1.82) is 0 Å². The van der Waals surface area contributed by atoms with E-state index in [2.05, 4.69) is 69.4 Å². The maximum absolute atomic E-state index is 4.39. The SMILES string of the molecule is CN(CCc1ccccn1)Cc1ccc(-c2ccnc3[nH]ccc23)cc1. The molecule has 3 heterocycles. The Hall–Kier alpha value is -2.98. The van der Waals surface area contributed by atoms with Crippen molar-refractivity contribution in [2.75, 3.05) is 13.6 Å². The molecular weight excluding hydrogens is 320 g/mol. The Bertz CT molecular complexity index is 974. The molecule has 0 unspecified atom stereocenters. The molecule has 4 nitrogen and oxygen atoms in total. The highest BCUT2D eigenvalue weighted by molar-refractivity contribution is 5.92. The van der Waals surface area contributed by atoms with Crippen LogP contribution in [0.1, 0.15) is 11.3 Å². The van der Waals surface area contributed by atoms with E-state index in [1.807, 2.05) is 30.7 Å². The molecule has 0 radical (unpaired) electrons. The van der Waals surface area contributed by atoms with Gasteiger partial charge in [0.2, 0.25) is 0 Å². The summed E-state index contributed by atoms with van der Waals surface area (Å²) in [4.78, 5) is 14.3. The van der Waals surface area contributed by atoms with E-state index in [0.717, 1.165) is 36.2 Å². The molecule has 130 valence electrons. The standard InChI is InChI=1S/C22H22N4/c1-26(15-11-19-4-2-3-12-23-19)16-17-5-7-18(8-6-17)20-9-13-24-22-21(20)10-14-25-22/h2-10,12-14H,11,15-16H2,1H3,(H,24,25). The number of aromatic nitrogens is 3. The summed E-state index contributed by atoms with van der Waals surface area (Å²) >= 11 is 0. The Morgan fingerprint density at radius 3 is 2.62 bits per heavy atom. The Morgan fingerprint density at radius 1 is 0.923 bits per heavy atom. The second-order valence-corrected chi connectivity index (χ2v) is 6.60. The maximum Gasteiger partial charge on any atom is 0.137 e. The number of hydrogen-bond acceptors (Lipinski definition) is 3. The average Bonchev–Trinajstić information content (AvgIpc) is 3.17. The first kappa shape index (κ1) is 16.5. The molecule has 0 aliphatic carbocycles. The number of pyridine rings is 2. The molecule has 0 aliphatic heterocycles. The Morgan fingerprint density at radius 2 is 1.81 bits per heavy atom. The molecule has 0 spiro atoms. The van der Waals surface area contributed by atoms with Crippen LogP contribution in [-0.2, 0) is 13.0 Å². The minimum atomic E-state index is 0.931. The molecular formula is C22H22N4. The Kier molecular flexibility index (Phi) is 4.75. The van der Waals surface area contributed by atoms with Crippen LogP contribution in [0.2, 0.25) is 0 Å². The Balaban J connectivity index is 1.42. The lowest BCUT2D eigenvalue weighted by molar-refractivity contribution is 0.330. The van der Waals surface area contributed by atoms with Gasteiger partial charge in [-0.2, -0.15) is 0 Å². The van der Waals surface area contributed by atoms with Gasteiger partial charge in [-0.15, -0.1) is 0 Å². The number of fused-ring (bicyclic) bond motifs is 1. The third kappa shape index (κ3) is 3.65. The highest BCUT2D eigenvalue weighted by Crippen LogP contribution is 2.27. The first-order chi connectivity index (χ1) is 12.8. The molecule has 4 aromatic rings. The quantitative estimate of drug-likeness (QED) is 0.568. The molecule has 1 aromatic carbocycles. The Labute approximate surface area is 153 Å². The fraction of sp³-hybridized carbons (Fsp3) is 0.182. The van der Waals surface area contributed by atoms with Crippen molar-refractivity contribution in [1.82, 2.24) is 19.9 Å². The highest BCUT2D eigenvalue weighted by atomic mass is 15.1. The lowest BCUT2D eigenvalue weighted by Gasteiger charge is -2.16. The summed E-state index contributed by atoms with van der Waals surface area (Å²) in [6.45, 7) is 1.93. The topological polar surface area (TPSA) is 44.8 Å². The van der Waals surface area contributed by atoms with Crippen molar-refractivity contribution in [2.45, 2.75) is 13.0 Å². The smallest absolute Gasteiger partial charge is 0.137 e. The van der Waals surface area contributed by atoms with Crippen LogP contribution in [0.5, 0.6) is 0 Å². The summed E-state index contributed by atoms with van der Waals surface area (Å²) in [5, 5.41) is 1.16. The number of H-pyrrole nitrogens is 1. The van der Waals surface area contributed by atoms with Crippen molar-refractivity contribution in [3.8, 4) is 11.1 Å². The van der Waals surface area contributed by atoms with E-state index >= 15 is 0 Å². The molecule has 0 saturated heterocycles. The van der Waals surface area contributed by atoms with Gasteiger partial charge >= 0.3 is 0 Å². The zero-order valence-corrected chi connectivity index (χ0v) is 14.9. The third-order valence-electron chi connectivity index (χ3n) is 4.65. The molecule has 4 rings (SSSR count). The minimum Gasteiger partial charge on any atom is -0.346 e. The van der Waals surface area contributed by atoms with Gasteiger partial charge in [0.25, 0.3) is 0 Å². The van der Waals surface area contributed by atoms with Gasteiger partial charge in [-0.1, -0.05) is 30.3 Å². The van der Waals surface area contributed by atoms with Gasteiger partial charge in [0.1, 0.15) is 5.65 Å². The van der Waals surface area contributed by atoms with E-state index in [-0.39, 0.29) is 0 Å². The lowest BCUT2D eigenvalue weighted by atomic mass is 10.0. The lowest BCUT2D eigenvalue weighted by Crippen LogP contribution is -2.21. The maximum atomic E-state index is 4.39. The number of hydrogen-bond donors (Lipinski definition) is 1. The van der Waals surface area contributed by atoms with Gasteiger partial charge < -0.3 is 9.88 Å². The molecule has 0 aliphatic rings. The summed E-state index contributed by atoms with van der Waals surface area (Å²) < 4.78 is 0. The van der Waals surface area contributed by atoms with Crippen molar-refractivity contribution in [3.05, 3.63) is 84.4 Å². The van der Waals surface area contributed by atoms with Crippen molar-refractivity contribution < 1.29 is 0 Å². The van der Waals surface area contributed by atoms with Crippen LogP contribution >= 0.6 is 0 Å². The normalized spacial score (nSPS) is 11.3. The summed E-state index contributed by atoms with van der Waals surface area (Å²) in [6, 6.07) is 19.1. The van der Waals surface area contributed by atoms with E-state index in [1.165, 1.54) is 16.7 Å². The van der Waals surface area contributed by atoms with Crippen LogP contribution < -0.4 is 0 Å². The van der Waals surface area contributed by atoms with Crippen molar-refractivity contribution in [2.24, 2.45) is 0 Å². The first-order valence-corrected chi connectivity index (χ1v) is 8.89. The predicted molar refractivity (Wildman–Crippen MR) is 106 cm³/mol. The number of nitrogens with zero attached hydrogens (tertiary/aromatic N) is 3. The van der Waals surface area contributed by atoms with Crippen LogP contribution in [0.3, 0.4) is 0 Å². The highest BCUT2D eigenvalue weighted by Gasteiger charge is 2.06. The zero-order valence-electron chi connectivity index (χ0n) is 14.9. The van der Waals surface area contributed by atoms with Crippen LogP contribution in [-0.4, -0.2) is 33.4 Å². The molecule has 4 heteroatoms. The van der Waals surface area contributed by atoms with E-state index in [4.69, 9.17) is 0 Å². The second kappa shape index (κ2) is 7.50. The van der Waals surface area contributed by atoms with E-state index < -0.39 is 0 Å². The predicted octanol–water partition coefficient (Wildman–Crippen LogP) is 4.30. The molecule has 0 fully saturated rings. The van der Waals surface area contributed by atoms with Gasteiger partial charge in [0, 0.05) is 49.2 Å². The van der Waals surface area contributed by atoms with E-state index in [1.54, 1.807) is 0 Å². The number of nitrogens with one attached hydrogen (secondary N) is 1. The fourth-order valence-electron chi connectivity index (χ4n) is 3.24. The van der Waals surface area contributed by atoms with Crippen LogP contribution in [0.25, 0.3) is 22.2 Å². The third-order valence-corrected chi connectivity index (χ3v) is 4.65.